The number of carbonyl (C=O) groups excluding carboxylic acids is 1. The molecule has 0 saturated heterocycles. The minimum Gasteiger partial charge on any atom is -0.326 e. The van der Waals surface area contributed by atoms with Crippen molar-refractivity contribution in [2.75, 3.05) is 5.32 Å². The van der Waals surface area contributed by atoms with Crippen molar-refractivity contribution >= 4 is 21.6 Å². The third-order valence-corrected chi connectivity index (χ3v) is 8.87. The Labute approximate surface area is 201 Å². The molecule has 0 heterocycles. The number of carbonyl (C=O) groups is 1. The molecule has 2 fully saturated rings. The van der Waals surface area contributed by atoms with E-state index in [4.69, 9.17) is 0 Å². The van der Waals surface area contributed by atoms with Crippen molar-refractivity contribution in [3.63, 3.8) is 0 Å². The number of anilines is 1. The molecule has 0 radical (unpaired) electrons. The maximum atomic E-state index is 13.0. The van der Waals surface area contributed by atoms with Crippen LogP contribution in [0.5, 0.6) is 0 Å². The normalized spacial score (nSPS) is 21.2. The molecule has 0 aliphatic heterocycles. The number of rotatable bonds is 5. The molecule has 0 aromatic heterocycles. The lowest BCUT2D eigenvalue weighted by Crippen LogP contribution is -2.35. The molecule has 1 aromatic carbocycles. The van der Waals surface area contributed by atoms with Crippen molar-refractivity contribution in [3.8, 4) is 0 Å². The van der Waals surface area contributed by atoms with Crippen molar-refractivity contribution in [2.45, 2.75) is 127 Å². The molecular weight excluding hydrogens is 432 g/mol. The summed E-state index contributed by atoms with van der Waals surface area (Å²) < 4.78 is 28.9. The van der Waals surface area contributed by atoms with Crippen LogP contribution in [0.25, 0.3) is 0 Å². The molecule has 2 N–H and O–H groups in total. The fourth-order valence-corrected chi connectivity index (χ4v) is 6.55. The van der Waals surface area contributed by atoms with Gasteiger partial charge in [0, 0.05) is 17.6 Å². The Hall–Kier alpha value is -1.40. The molecule has 186 valence electrons. The Kier molecular flexibility index (Phi) is 11.2. The first-order valence-corrected chi connectivity index (χ1v) is 15.0. The monoisotopic (exact) mass is 476 g/mol. The first-order chi connectivity index (χ1) is 16.0. The first kappa shape index (κ1) is 26.2. The summed E-state index contributed by atoms with van der Waals surface area (Å²) in [5, 5.41) is 3.03. The molecule has 1 amide bonds. The van der Waals surface area contributed by atoms with Crippen LogP contribution in [-0.4, -0.2) is 20.4 Å². The van der Waals surface area contributed by atoms with E-state index >= 15 is 0 Å². The van der Waals surface area contributed by atoms with Crippen LogP contribution in [0, 0.1) is 5.92 Å². The highest BCUT2D eigenvalue weighted by molar-refractivity contribution is 7.89. The maximum absolute atomic E-state index is 13.0. The largest absolute Gasteiger partial charge is 0.326 e. The van der Waals surface area contributed by atoms with Crippen LogP contribution in [-0.2, 0) is 14.8 Å². The number of hydrogen-bond donors (Lipinski definition) is 2. The lowest BCUT2D eigenvalue weighted by atomic mass is 9.91. The predicted octanol–water partition coefficient (Wildman–Crippen LogP) is 6.94. The van der Waals surface area contributed by atoms with Crippen LogP contribution in [0.15, 0.2) is 29.2 Å². The van der Waals surface area contributed by atoms with Crippen molar-refractivity contribution in [2.24, 2.45) is 5.92 Å². The van der Waals surface area contributed by atoms with Crippen LogP contribution in [0.2, 0.25) is 0 Å². The third kappa shape index (κ3) is 9.40. The van der Waals surface area contributed by atoms with Crippen molar-refractivity contribution in [1.82, 2.24) is 4.72 Å². The van der Waals surface area contributed by atoms with Gasteiger partial charge in [0.1, 0.15) is 0 Å². The molecular formula is C27H44N2O3S. The van der Waals surface area contributed by atoms with Gasteiger partial charge in [-0.2, -0.15) is 0 Å². The highest BCUT2D eigenvalue weighted by atomic mass is 32.2. The van der Waals surface area contributed by atoms with E-state index < -0.39 is 10.0 Å². The molecule has 2 aliphatic rings. The van der Waals surface area contributed by atoms with Gasteiger partial charge >= 0.3 is 0 Å². The standard InChI is InChI=1S/C27H44N2O3S/c30-27(23-15-11-7-3-1-4-8-12-16-23)28-24-19-21-26(22-20-24)33(31,32)29-25-17-13-9-5-2-6-10-14-18-25/h19-23,25,29H,1-18H2,(H,28,30). The second-order valence-electron chi connectivity index (χ2n) is 10.1. The van der Waals surface area contributed by atoms with E-state index in [1.54, 1.807) is 24.3 Å². The Bertz CT molecular complexity index is 787. The zero-order valence-electron chi connectivity index (χ0n) is 20.3. The number of benzene rings is 1. The van der Waals surface area contributed by atoms with E-state index in [-0.39, 0.29) is 22.8 Å². The fraction of sp³-hybridized carbons (Fsp3) is 0.741. The smallest absolute Gasteiger partial charge is 0.240 e. The van der Waals surface area contributed by atoms with E-state index in [1.807, 2.05) is 0 Å². The van der Waals surface area contributed by atoms with Gasteiger partial charge < -0.3 is 5.32 Å². The summed E-state index contributed by atoms with van der Waals surface area (Å²) in [4.78, 5) is 13.1. The van der Waals surface area contributed by atoms with Crippen LogP contribution < -0.4 is 10.0 Å². The van der Waals surface area contributed by atoms with E-state index in [9.17, 15) is 13.2 Å². The summed E-state index contributed by atoms with van der Waals surface area (Å²) in [5.41, 5.74) is 0.676. The minimum atomic E-state index is -3.55. The summed E-state index contributed by atoms with van der Waals surface area (Å²) in [6.45, 7) is 0. The average molecular weight is 477 g/mol. The van der Waals surface area contributed by atoms with E-state index in [0.717, 1.165) is 51.4 Å². The lowest BCUT2D eigenvalue weighted by Gasteiger charge is -2.20. The second-order valence-corrected chi connectivity index (χ2v) is 11.8. The number of hydrogen-bond acceptors (Lipinski definition) is 3. The van der Waals surface area contributed by atoms with Crippen LogP contribution in [0.4, 0.5) is 5.69 Å². The molecule has 2 saturated carbocycles. The Morgan fingerprint density at radius 1 is 0.636 bits per heavy atom. The Morgan fingerprint density at radius 3 is 1.55 bits per heavy atom. The van der Waals surface area contributed by atoms with Gasteiger partial charge in [0.05, 0.1) is 4.90 Å². The van der Waals surface area contributed by atoms with Crippen LogP contribution in [0.3, 0.4) is 0 Å². The van der Waals surface area contributed by atoms with E-state index in [2.05, 4.69) is 10.0 Å². The molecule has 6 heteroatoms. The number of sulfonamides is 1. The van der Waals surface area contributed by atoms with Crippen LogP contribution in [0.1, 0.15) is 116 Å². The topological polar surface area (TPSA) is 75.3 Å². The molecule has 3 rings (SSSR count). The molecule has 0 bridgehead atoms. The molecule has 5 nitrogen and oxygen atoms in total. The summed E-state index contributed by atoms with van der Waals surface area (Å²) in [7, 11) is -3.55. The SMILES string of the molecule is O=C(Nc1ccc(S(=O)(=O)NC2CCCCCCCCC2)cc1)C1CCCCCCCCC1. The van der Waals surface area contributed by atoms with Gasteiger partial charge in [-0.25, -0.2) is 13.1 Å². The van der Waals surface area contributed by atoms with Gasteiger partial charge in [-0.15, -0.1) is 0 Å². The Balaban J connectivity index is 1.55. The molecule has 1 aromatic rings. The van der Waals surface area contributed by atoms with Gasteiger partial charge in [-0.1, -0.05) is 89.9 Å². The maximum Gasteiger partial charge on any atom is 0.240 e. The molecule has 2 aliphatic carbocycles. The number of amides is 1. The van der Waals surface area contributed by atoms with Crippen LogP contribution >= 0.6 is 0 Å². The van der Waals surface area contributed by atoms with Gasteiger partial charge in [0.2, 0.25) is 15.9 Å². The summed E-state index contributed by atoms with van der Waals surface area (Å²) in [6.07, 6.45) is 20.6. The molecule has 0 atom stereocenters. The molecule has 0 unspecified atom stereocenters. The van der Waals surface area contributed by atoms with Crippen molar-refractivity contribution in [3.05, 3.63) is 24.3 Å². The van der Waals surface area contributed by atoms with Crippen molar-refractivity contribution < 1.29 is 13.2 Å². The van der Waals surface area contributed by atoms with Gasteiger partial charge in [0.25, 0.3) is 0 Å². The quantitative estimate of drug-likeness (QED) is 0.483. The number of nitrogens with one attached hydrogen (secondary N) is 2. The van der Waals surface area contributed by atoms with Crippen molar-refractivity contribution in [1.29, 1.82) is 0 Å². The fourth-order valence-electron chi connectivity index (χ4n) is 5.25. The average Bonchev–Trinajstić information content (AvgIpc) is 2.81. The highest BCUT2D eigenvalue weighted by Crippen LogP contribution is 2.24. The summed E-state index contributed by atoms with van der Waals surface area (Å²) in [6, 6.07) is 6.69. The molecule has 0 spiro atoms. The first-order valence-electron chi connectivity index (χ1n) is 13.5. The predicted molar refractivity (Wildman–Crippen MR) is 136 cm³/mol. The van der Waals surface area contributed by atoms with E-state index in [1.165, 1.54) is 64.2 Å². The minimum absolute atomic E-state index is 0.0140. The summed E-state index contributed by atoms with van der Waals surface area (Å²) in [5.74, 6) is 0.131. The van der Waals surface area contributed by atoms with E-state index in [0.29, 0.717) is 5.69 Å². The third-order valence-electron chi connectivity index (χ3n) is 7.34. The van der Waals surface area contributed by atoms with Gasteiger partial charge in [-0.3, -0.25) is 4.79 Å². The van der Waals surface area contributed by atoms with Gasteiger partial charge in [-0.05, 0) is 49.9 Å². The van der Waals surface area contributed by atoms with Gasteiger partial charge in [0.15, 0.2) is 0 Å². The lowest BCUT2D eigenvalue weighted by molar-refractivity contribution is -0.120. The molecule has 33 heavy (non-hydrogen) atoms. The zero-order chi connectivity index (χ0) is 23.4. The highest BCUT2D eigenvalue weighted by Gasteiger charge is 2.22. The summed E-state index contributed by atoms with van der Waals surface area (Å²) >= 11 is 0. The zero-order valence-corrected chi connectivity index (χ0v) is 21.1. The second kappa shape index (κ2) is 14.1. The Morgan fingerprint density at radius 2 is 1.06 bits per heavy atom.